The van der Waals surface area contributed by atoms with Gasteiger partial charge in [0, 0.05) is 6.54 Å². The Kier molecular flexibility index (Phi) is 5.84. The highest BCUT2D eigenvalue weighted by atomic mass is 35.5. The number of fused-ring (bicyclic) bond motifs is 5. The quantitative estimate of drug-likeness (QED) is 0.322. The molecule has 7 nitrogen and oxygen atoms in total. The normalized spacial score (nSPS) is 24.5. The number of aromatic nitrogens is 3. The summed E-state index contributed by atoms with van der Waals surface area (Å²) in [4.78, 5) is 31.1. The lowest BCUT2D eigenvalue weighted by atomic mass is 9.93. The van der Waals surface area contributed by atoms with Crippen LogP contribution in [-0.2, 0) is 11.2 Å². The van der Waals surface area contributed by atoms with Gasteiger partial charge in [-0.05, 0) is 58.6 Å². The number of piperazine rings is 1. The number of hydrogen-bond donors (Lipinski definition) is 0. The molecule has 2 aromatic rings. The second-order valence-corrected chi connectivity index (χ2v) is 11.5. The average molecular weight is 494 g/mol. The molecular formula is C23H29ClFN5O2S. The molecule has 5 heterocycles. The van der Waals surface area contributed by atoms with Crippen LogP contribution in [0.25, 0.3) is 10.9 Å². The minimum absolute atomic E-state index is 0.0291. The maximum absolute atomic E-state index is 15.1. The van der Waals surface area contributed by atoms with Crippen molar-refractivity contribution in [3.8, 4) is 0 Å². The van der Waals surface area contributed by atoms with Crippen molar-refractivity contribution in [3.63, 3.8) is 0 Å². The predicted molar refractivity (Wildman–Crippen MR) is 128 cm³/mol. The van der Waals surface area contributed by atoms with Crippen molar-refractivity contribution in [2.75, 3.05) is 17.2 Å². The number of anilines is 1. The summed E-state index contributed by atoms with van der Waals surface area (Å²) < 4.78 is 20.9. The van der Waals surface area contributed by atoms with Crippen LogP contribution in [0.5, 0.6) is 0 Å². The molecule has 0 saturated carbocycles. The van der Waals surface area contributed by atoms with Gasteiger partial charge in [0.05, 0.1) is 29.2 Å². The van der Waals surface area contributed by atoms with Gasteiger partial charge in [0.1, 0.15) is 16.9 Å². The third kappa shape index (κ3) is 4.01. The van der Waals surface area contributed by atoms with Crippen molar-refractivity contribution in [1.82, 2.24) is 19.9 Å². The topological polar surface area (TPSA) is 71.5 Å². The van der Waals surface area contributed by atoms with Crippen LogP contribution in [-0.4, -0.2) is 62.0 Å². The molecule has 1 amide bonds. The summed E-state index contributed by atoms with van der Waals surface area (Å²) in [5, 5.41) is 1.06. The number of nitrogens with zero attached hydrogens (tertiary/aromatic N) is 5. The fourth-order valence-corrected chi connectivity index (χ4v) is 6.22. The molecule has 33 heavy (non-hydrogen) atoms. The predicted octanol–water partition coefficient (Wildman–Crippen LogP) is 5.22. The van der Waals surface area contributed by atoms with Gasteiger partial charge in [-0.15, -0.1) is 0 Å². The minimum Gasteiger partial charge on any atom is -0.444 e. The Morgan fingerprint density at radius 1 is 1.21 bits per heavy atom. The molecule has 2 bridgehead atoms. The van der Waals surface area contributed by atoms with Gasteiger partial charge < -0.3 is 9.64 Å². The molecule has 0 aliphatic carbocycles. The maximum Gasteiger partial charge on any atom is 0.410 e. The fraction of sp³-hybridized carbons (Fsp3) is 0.652. The monoisotopic (exact) mass is 493 g/mol. The number of hydrogen-bond acceptors (Lipinski definition) is 7. The van der Waals surface area contributed by atoms with E-state index in [1.165, 1.54) is 11.8 Å². The highest BCUT2D eigenvalue weighted by Gasteiger charge is 2.50. The zero-order valence-corrected chi connectivity index (χ0v) is 21.0. The second kappa shape index (κ2) is 8.41. The number of carbonyl (C=O) groups is 1. The summed E-state index contributed by atoms with van der Waals surface area (Å²) in [7, 11) is 0. The van der Waals surface area contributed by atoms with E-state index in [1.54, 1.807) is 0 Å². The largest absolute Gasteiger partial charge is 0.444 e. The number of rotatable bonds is 2. The third-order valence-electron chi connectivity index (χ3n) is 6.64. The van der Waals surface area contributed by atoms with Gasteiger partial charge in [-0.2, -0.15) is 0 Å². The molecular weight excluding hydrogens is 465 g/mol. The molecule has 3 aliphatic heterocycles. The first kappa shape index (κ1) is 22.9. The van der Waals surface area contributed by atoms with E-state index in [4.69, 9.17) is 21.3 Å². The molecule has 3 aliphatic rings. The molecule has 2 aromatic heterocycles. The first-order valence-electron chi connectivity index (χ1n) is 11.6. The van der Waals surface area contributed by atoms with Crippen molar-refractivity contribution in [3.05, 3.63) is 16.7 Å². The van der Waals surface area contributed by atoms with Crippen molar-refractivity contribution < 1.29 is 13.9 Å². The van der Waals surface area contributed by atoms with Gasteiger partial charge in [-0.25, -0.2) is 24.1 Å². The number of halogens is 2. The third-order valence-corrected chi connectivity index (χ3v) is 7.62. The van der Waals surface area contributed by atoms with Gasteiger partial charge in [0.25, 0.3) is 0 Å². The van der Waals surface area contributed by atoms with Crippen LogP contribution in [0.4, 0.5) is 15.0 Å². The Hall–Kier alpha value is -1.87. The van der Waals surface area contributed by atoms with E-state index in [1.807, 2.05) is 32.6 Å². The molecule has 2 fully saturated rings. The lowest BCUT2D eigenvalue weighted by Gasteiger charge is -2.48. The van der Waals surface area contributed by atoms with Crippen LogP contribution in [0.3, 0.4) is 0 Å². The SMILES string of the molecule is CCSc1nc2c3c(nc(Cl)c(F)c3n1)CCC[C@@H]1[C@@H]3CC[C@H](CN21)N3C(=O)OC(C)(C)C. The number of carbonyl (C=O) groups excluding carboxylic acids is 1. The highest BCUT2D eigenvalue weighted by molar-refractivity contribution is 7.99. The highest BCUT2D eigenvalue weighted by Crippen LogP contribution is 2.43. The van der Waals surface area contributed by atoms with Gasteiger partial charge in [-0.3, -0.25) is 4.90 Å². The molecule has 3 atom stereocenters. The fourth-order valence-electron chi connectivity index (χ4n) is 5.47. The molecule has 0 radical (unpaired) electrons. The van der Waals surface area contributed by atoms with Crippen LogP contribution < -0.4 is 4.90 Å². The summed E-state index contributed by atoms with van der Waals surface area (Å²) in [5.74, 6) is 0.906. The van der Waals surface area contributed by atoms with Crippen LogP contribution in [0.15, 0.2) is 5.16 Å². The van der Waals surface area contributed by atoms with Crippen LogP contribution in [0.2, 0.25) is 5.15 Å². The van der Waals surface area contributed by atoms with Crippen molar-refractivity contribution >= 4 is 46.2 Å². The first-order valence-corrected chi connectivity index (χ1v) is 13.0. The van der Waals surface area contributed by atoms with E-state index in [0.717, 1.165) is 42.9 Å². The van der Waals surface area contributed by atoms with Crippen LogP contribution in [0.1, 0.15) is 59.1 Å². The number of thioether (sulfide) groups is 1. The standard InChI is InChI=1S/C23H29ClFN5O2S/c1-5-33-21-27-18-16-13(26-19(24)17(18)25)7-6-8-14-15-10-9-12(11-29(14)20(16)28-21)30(15)22(31)32-23(2,3)4/h12,14-15H,5-11H2,1-4H3/t12-,14-,15+/m1/s1. The van der Waals surface area contributed by atoms with E-state index in [-0.39, 0.29) is 34.9 Å². The summed E-state index contributed by atoms with van der Waals surface area (Å²) in [5.41, 5.74) is 0.453. The molecule has 10 heteroatoms. The number of aryl methyl sites for hydroxylation is 1. The summed E-state index contributed by atoms with van der Waals surface area (Å²) in [6, 6.07) is 0.152. The lowest BCUT2D eigenvalue weighted by molar-refractivity contribution is 0.00701. The van der Waals surface area contributed by atoms with E-state index in [0.29, 0.717) is 23.5 Å². The maximum atomic E-state index is 15.1. The molecule has 2 saturated heterocycles. The van der Waals surface area contributed by atoms with E-state index in [2.05, 4.69) is 14.9 Å². The zero-order chi connectivity index (χ0) is 23.5. The first-order chi connectivity index (χ1) is 15.7. The molecule has 0 spiro atoms. The average Bonchev–Trinajstić information content (AvgIpc) is 3.06. The van der Waals surface area contributed by atoms with E-state index < -0.39 is 11.4 Å². The van der Waals surface area contributed by atoms with Crippen LogP contribution in [0, 0.1) is 5.82 Å². The number of ether oxygens (including phenoxy) is 1. The molecule has 0 aromatic carbocycles. The Balaban J connectivity index is 1.62. The summed E-state index contributed by atoms with van der Waals surface area (Å²) in [6.45, 7) is 8.34. The van der Waals surface area contributed by atoms with Crippen molar-refractivity contribution in [1.29, 1.82) is 0 Å². The Morgan fingerprint density at radius 3 is 2.73 bits per heavy atom. The smallest absolute Gasteiger partial charge is 0.410 e. The minimum atomic E-state index is -0.593. The second-order valence-electron chi connectivity index (χ2n) is 9.95. The van der Waals surface area contributed by atoms with Gasteiger partial charge in [-0.1, -0.05) is 30.3 Å². The zero-order valence-electron chi connectivity index (χ0n) is 19.4. The van der Waals surface area contributed by atoms with Crippen molar-refractivity contribution in [2.45, 2.75) is 88.7 Å². The lowest BCUT2D eigenvalue weighted by Crippen LogP contribution is -2.62. The molecule has 178 valence electrons. The van der Waals surface area contributed by atoms with Gasteiger partial charge in [0.2, 0.25) is 0 Å². The summed E-state index contributed by atoms with van der Waals surface area (Å²) >= 11 is 7.63. The van der Waals surface area contributed by atoms with E-state index in [9.17, 15) is 4.79 Å². The Labute approximate surface area is 202 Å². The van der Waals surface area contributed by atoms with E-state index >= 15 is 4.39 Å². The number of amides is 1. The van der Waals surface area contributed by atoms with Gasteiger partial charge >= 0.3 is 6.09 Å². The molecule has 0 N–H and O–H groups in total. The Morgan fingerprint density at radius 2 is 2.00 bits per heavy atom. The molecule has 5 rings (SSSR count). The number of pyridine rings is 1. The molecule has 0 unspecified atom stereocenters. The Bertz CT molecular complexity index is 1110. The van der Waals surface area contributed by atoms with Crippen LogP contribution >= 0.6 is 23.4 Å². The van der Waals surface area contributed by atoms with Gasteiger partial charge in [0.15, 0.2) is 16.1 Å². The summed E-state index contributed by atoms with van der Waals surface area (Å²) in [6.07, 6.45) is 4.01. The van der Waals surface area contributed by atoms with Crippen molar-refractivity contribution in [2.24, 2.45) is 0 Å².